The first-order chi connectivity index (χ1) is 15.3. The number of nitrogens with zero attached hydrogens (tertiary/aromatic N) is 4. The van der Waals surface area contributed by atoms with Crippen molar-refractivity contribution in [1.82, 2.24) is 19.4 Å². The summed E-state index contributed by atoms with van der Waals surface area (Å²) in [4.78, 5) is 14.7. The van der Waals surface area contributed by atoms with Crippen LogP contribution in [-0.2, 0) is 21.4 Å². The SMILES string of the molecule is Cc1ccc(-c2nnc(CN(C)C(=O)[C@H]3CCCN3S(=O)(=O)c3ccc(Cl)cc3)o2)cc1. The van der Waals surface area contributed by atoms with Gasteiger partial charge in [0.1, 0.15) is 6.04 Å². The second-order valence-corrected chi connectivity index (χ2v) is 10.1. The van der Waals surface area contributed by atoms with Gasteiger partial charge >= 0.3 is 0 Å². The maximum Gasteiger partial charge on any atom is 0.247 e. The van der Waals surface area contributed by atoms with E-state index in [1.165, 1.54) is 33.5 Å². The van der Waals surface area contributed by atoms with Crippen molar-refractivity contribution >= 4 is 27.5 Å². The predicted octanol–water partition coefficient (Wildman–Crippen LogP) is 3.51. The van der Waals surface area contributed by atoms with Gasteiger partial charge in [-0.25, -0.2) is 8.42 Å². The molecule has 1 saturated heterocycles. The van der Waals surface area contributed by atoms with Gasteiger partial charge in [0.15, 0.2) is 0 Å². The van der Waals surface area contributed by atoms with Crippen molar-refractivity contribution in [3.05, 3.63) is 65.0 Å². The van der Waals surface area contributed by atoms with E-state index in [4.69, 9.17) is 16.0 Å². The quantitative estimate of drug-likeness (QED) is 0.542. The molecule has 0 N–H and O–H groups in total. The maximum atomic E-state index is 13.1. The number of hydrogen-bond donors (Lipinski definition) is 0. The van der Waals surface area contributed by atoms with Crippen molar-refractivity contribution < 1.29 is 17.6 Å². The third-order valence-corrected chi connectivity index (χ3v) is 7.60. The summed E-state index contributed by atoms with van der Waals surface area (Å²) in [6.45, 7) is 2.36. The monoisotopic (exact) mass is 474 g/mol. The number of carbonyl (C=O) groups is 1. The summed E-state index contributed by atoms with van der Waals surface area (Å²) in [5.41, 5.74) is 1.91. The Morgan fingerprint density at radius 2 is 1.84 bits per heavy atom. The van der Waals surface area contributed by atoms with Crippen molar-refractivity contribution in [1.29, 1.82) is 0 Å². The smallest absolute Gasteiger partial charge is 0.247 e. The minimum absolute atomic E-state index is 0.0863. The van der Waals surface area contributed by atoms with Crippen LogP contribution in [0.25, 0.3) is 11.5 Å². The number of sulfonamides is 1. The van der Waals surface area contributed by atoms with Gasteiger partial charge in [-0.3, -0.25) is 4.79 Å². The number of rotatable bonds is 6. The van der Waals surface area contributed by atoms with Gasteiger partial charge in [-0.2, -0.15) is 4.31 Å². The molecule has 1 fully saturated rings. The molecule has 1 amide bonds. The minimum Gasteiger partial charge on any atom is -0.419 e. The van der Waals surface area contributed by atoms with Crippen LogP contribution in [0.1, 0.15) is 24.3 Å². The fourth-order valence-electron chi connectivity index (χ4n) is 3.68. The summed E-state index contributed by atoms with van der Waals surface area (Å²) in [6.07, 6.45) is 1.06. The normalized spacial score (nSPS) is 16.9. The van der Waals surface area contributed by atoms with Gasteiger partial charge in [0.2, 0.25) is 27.7 Å². The van der Waals surface area contributed by atoms with Crippen LogP contribution in [0, 0.1) is 6.92 Å². The van der Waals surface area contributed by atoms with Crippen molar-refractivity contribution in [2.75, 3.05) is 13.6 Å². The Morgan fingerprint density at radius 1 is 1.16 bits per heavy atom. The molecule has 0 bridgehead atoms. The predicted molar refractivity (Wildman–Crippen MR) is 119 cm³/mol. The van der Waals surface area contributed by atoms with E-state index < -0.39 is 16.1 Å². The number of aryl methyl sites for hydroxylation is 1. The number of benzene rings is 2. The lowest BCUT2D eigenvalue weighted by Crippen LogP contribution is -2.46. The second kappa shape index (κ2) is 9.01. The third-order valence-electron chi connectivity index (χ3n) is 5.42. The van der Waals surface area contributed by atoms with E-state index in [2.05, 4.69) is 10.2 Å². The molecule has 1 aliphatic heterocycles. The fourth-order valence-corrected chi connectivity index (χ4v) is 5.46. The van der Waals surface area contributed by atoms with Gasteiger partial charge in [0.25, 0.3) is 0 Å². The average molecular weight is 475 g/mol. The van der Waals surface area contributed by atoms with E-state index in [1.54, 1.807) is 7.05 Å². The Balaban J connectivity index is 1.47. The molecule has 10 heteroatoms. The highest BCUT2D eigenvalue weighted by molar-refractivity contribution is 7.89. The van der Waals surface area contributed by atoms with Gasteiger partial charge in [-0.1, -0.05) is 29.3 Å². The average Bonchev–Trinajstić information content (AvgIpc) is 3.44. The van der Waals surface area contributed by atoms with Crippen LogP contribution in [0.3, 0.4) is 0 Å². The minimum atomic E-state index is -3.82. The van der Waals surface area contributed by atoms with E-state index in [-0.39, 0.29) is 29.8 Å². The number of amides is 1. The van der Waals surface area contributed by atoms with E-state index in [9.17, 15) is 13.2 Å². The van der Waals surface area contributed by atoms with Crippen molar-refractivity contribution in [3.8, 4) is 11.5 Å². The first-order valence-corrected chi connectivity index (χ1v) is 12.0. The molecule has 2 heterocycles. The lowest BCUT2D eigenvalue weighted by atomic mass is 10.1. The summed E-state index contributed by atoms with van der Waals surface area (Å²) in [5, 5.41) is 8.53. The Labute approximate surface area is 191 Å². The van der Waals surface area contributed by atoms with Crippen molar-refractivity contribution in [3.63, 3.8) is 0 Å². The molecule has 2 aromatic carbocycles. The molecule has 0 unspecified atom stereocenters. The lowest BCUT2D eigenvalue weighted by molar-refractivity contribution is -0.134. The third kappa shape index (κ3) is 4.55. The maximum absolute atomic E-state index is 13.1. The Morgan fingerprint density at radius 3 is 2.53 bits per heavy atom. The number of likely N-dealkylation sites (N-methyl/N-ethyl adjacent to an activating group) is 1. The molecule has 8 nitrogen and oxygen atoms in total. The van der Waals surface area contributed by atoms with Crippen LogP contribution in [0.15, 0.2) is 57.8 Å². The molecule has 1 aromatic heterocycles. The van der Waals surface area contributed by atoms with E-state index >= 15 is 0 Å². The molecule has 4 rings (SSSR count). The van der Waals surface area contributed by atoms with Gasteiger partial charge in [0.05, 0.1) is 11.4 Å². The molecule has 168 valence electrons. The number of hydrogen-bond acceptors (Lipinski definition) is 6. The van der Waals surface area contributed by atoms with Crippen LogP contribution >= 0.6 is 11.6 Å². The summed E-state index contributed by atoms with van der Waals surface area (Å²) in [7, 11) is -2.22. The second-order valence-electron chi connectivity index (χ2n) is 7.79. The molecule has 1 atom stereocenters. The summed E-state index contributed by atoms with van der Waals surface area (Å²) < 4.78 is 33.2. The zero-order valence-electron chi connectivity index (χ0n) is 17.7. The Bertz CT molecular complexity index is 1210. The number of aromatic nitrogens is 2. The molecule has 0 spiro atoms. The van der Waals surface area contributed by atoms with Crippen LogP contribution in [0.5, 0.6) is 0 Å². The zero-order valence-corrected chi connectivity index (χ0v) is 19.3. The highest BCUT2D eigenvalue weighted by atomic mass is 35.5. The highest BCUT2D eigenvalue weighted by Crippen LogP contribution is 2.28. The molecule has 0 saturated carbocycles. The molecule has 3 aromatic rings. The van der Waals surface area contributed by atoms with E-state index in [1.807, 2.05) is 31.2 Å². The van der Waals surface area contributed by atoms with Crippen molar-refractivity contribution in [2.24, 2.45) is 0 Å². The summed E-state index contributed by atoms with van der Waals surface area (Å²) in [6, 6.07) is 12.8. The first-order valence-electron chi connectivity index (χ1n) is 10.2. The summed E-state index contributed by atoms with van der Waals surface area (Å²) in [5.74, 6) is 0.338. The number of carbonyl (C=O) groups excluding carboxylic acids is 1. The number of halogens is 1. The van der Waals surface area contributed by atoms with Gasteiger partial charge < -0.3 is 9.32 Å². The van der Waals surface area contributed by atoms with E-state index in [0.29, 0.717) is 23.8 Å². The standard InChI is InChI=1S/C22H23ClN4O4S/c1-15-5-7-16(8-6-15)21-25-24-20(31-21)14-26(2)22(28)19-4-3-13-27(19)32(29,30)18-11-9-17(23)10-12-18/h5-12,19H,3-4,13-14H2,1-2H3/t19-/m1/s1. The molecule has 0 radical (unpaired) electrons. The topological polar surface area (TPSA) is 96.6 Å². The van der Waals surface area contributed by atoms with Gasteiger partial charge in [0, 0.05) is 24.2 Å². The molecular weight excluding hydrogens is 452 g/mol. The lowest BCUT2D eigenvalue weighted by Gasteiger charge is -2.26. The Kier molecular flexibility index (Phi) is 6.32. The van der Waals surface area contributed by atoms with Crippen LogP contribution in [-0.4, -0.2) is 53.4 Å². The molecule has 32 heavy (non-hydrogen) atoms. The largest absolute Gasteiger partial charge is 0.419 e. The van der Waals surface area contributed by atoms with Crippen LogP contribution in [0.4, 0.5) is 0 Å². The molecular formula is C22H23ClN4O4S. The van der Waals surface area contributed by atoms with Gasteiger partial charge in [-0.05, 0) is 56.2 Å². The van der Waals surface area contributed by atoms with E-state index in [0.717, 1.165) is 11.1 Å². The molecule has 0 aliphatic carbocycles. The van der Waals surface area contributed by atoms with Crippen molar-refractivity contribution in [2.45, 2.75) is 37.2 Å². The molecule has 1 aliphatic rings. The zero-order chi connectivity index (χ0) is 22.9. The Hall–Kier alpha value is -2.75. The van der Waals surface area contributed by atoms with Crippen LogP contribution in [0.2, 0.25) is 5.02 Å². The van der Waals surface area contributed by atoms with Crippen LogP contribution < -0.4 is 0 Å². The summed E-state index contributed by atoms with van der Waals surface area (Å²) >= 11 is 5.88. The highest BCUT2D eigenvalue weighted by Gasteiger charge is 2.40. The fraction of sp³-hybridized carbons (Fsp3) is 0.318. The van der Waals surface area contributed by atoms with Gasteiger partial charge in [-0.15, -0.1) is 10.2 Å². The first kappa shape index (κ1) is 22.4.